The summed E-state index contributed by atoms with van der Waals surface area (Å²) in [4.78, 5) is 10.7. The number of hydrogen-bond acceptors (Lipinski definition) is 4. The maximum atomic E-state index is 11.6. The monoisotopic (exact) mass is 240 g/mol. The number of carboxylic acid groups (broad SMARTS) is 1. The number of carbonyl (C=O) groups is 1. The van der Waals surface area contributed by atoms with Gasteiger partial charge in [-0.05, 0) is 5.56 Å². The molecule has 16 heavy (non-hydrogen) atoms. The number of fused-ring (bicyclic) bond motifs is 1. The van der Waals surface area contributed by atoms with E-state index in [4.69, 9.17) is 10.8 Å². The van der Waals surface area contributed by atoms with Crippen LogP contribution in [0, 0.1) is 0 Å². The smallest absolute Gasteiger partial charge is 0.356 e. The van der Waals surface area contributed by atoms with E-state index in [0.717, 1.165) is 0 Å². The lowest BCUT2D eigenvalue weighted by Crippen LogP contribution is -2.12. The SMILES string of the molecule is NCc1cccc2c1S(=O)(=O)N=C2C(=O)O. The van der Waals surface area contributed by atoms with Crippen molar-refractivity contribution in [2.24, 2.45) is 10.1 Å². The van der Waals surface area contributed by atoms with Crippen molar-refractivity contribution in [1.29, 1.82) is 0 Å². The van der Waals surface area contributed by atoms with Crippen LogP contribution in [0.3, 0.4) is 0 Å². The number of nitrogens with two attached hydrogens (primary N) is 1. The molecule has 0 atom stereocenters. The van der Waals surface area contributed by atoms with E-state index in [9.17, 15) is 13.2 Å². The molecule has 0 bridgehead atoms. The molecular weight excluding hydrogens is 232 g/mol. The fourth-order valence-corrected chi connectivity index (χ4v) is 3.04. The Morgan fingerprint density at radius 1 is 1.44 bits per heavy atom. The highest BCUT2D eigenvalue weighted by Crippen LogP contribution is 2.29. The van der Waals surface area contributed by atoms with E-state index in [1.54, 1.807) is 6.07 Å². The van der Waals surface area contributed by atoms with Crippen molar-refractivity contribution in [2.75, 3.05) is 0 Å². The van der Waals surface area contributed by atoms with E-state index >= 15 is 0 Å². The van der Waals surface area contributed by atoms with Gasteiger partial charge in [0.05, 0.1) is 0 Å². The third-order valence-corrected chi connectivity index (χ3v) is 3.66. The lowest BCUT2D eigenvalue weighted by atomic mass is 10.1. The van der Waals surface area contributed by atoms with E-state index in [1.807, 2.05) is 0 Å². The Kier molecular flexibility index (Phi) is 2.28. The van der Waals surface area contributed by atoms with E-state index in [0.29, 0.717) is 5.56 Å². The number of sulfonamides is 1. The van der Waals surface area contributed by atoms with Gasteiger partial charge in [0.25, 0.3) is 10.0 Å². The van der Waals surface area contributed by atoms with Crippen LogP contribution < -0.4 is 5.73 Å². The molecule has 0 amide bonds. The third kappa shape index (κ3) is 1.41. The van der Waals surface area contributed by atoms with Gasteiger partial charge in [-0.1, -0.05) is 18.2 Å². The highest BCUT2D eigenvalue weighted by molar-refractivity contribution is 7.91. The first kappa shape index (κ1) is 10.8. The van der Waals surface area contributed by atoms with Crippen molar-refractivity contribution < 1.29 is 18.3 Å². The van der Waals surface area contributed by atoms with Crippen LogP contribution in [0.2, 0.25) is 0 Å². The van der Waals surface area contributed by atoms with Crippen LogP contribution in [0.5, 0.6) is 0 Å². The summed E-state index contributed by atoms with van der Waals surface area (Å²) in [6.45, 7) is 0.0187. The Labute approximate surface area is 91.5 Å². The van der Waals surface area contributed by atoms with E-state index in [2.05, 4.69) is 4.40 Å². The molecule has 1 heterocycles. The maximum Gasteiger partial charge on any atom is 0.356 e. The summed E-state index contributed by atoms with van der Waals surface area (Å²) in [6.07, 6.45) is 0. The van der Waals surface area contributed by atoms with Gasteiger partial charge >= 0.3 is 5.97 Å². The van der Waals surface area contributed by atoms with Crippen molar-refractivity contribution >= 4 is 21.7 Å². The van der Waals surface area contributed by atoms with Gasteiger partial charge in [-0.15, -0.1) is 0 Å². The predicted molar refractivity (Wildman–Crippen MR) is 55.7 cm³/mol. The van der Waals surface area contributed by atoms with Crippen molar-refractivity contribution in [3.05, 3.63) is 29.3 Å². The number of hydrogen-bond donors (Lipinski definition) is 2. The fraction of sp³-hybridized carbons (Fsp3) is 0.111. The zero-order valence-electron chi connectivity index (χ0n) is 8.04. The minimum absolute atomic E-state index is 0.0187. The van der Waals surface area contributed by atoms with Gasteiger partial charge in [0.1, 0.15) is 4.90 Å². The molecule has 0 aromatic heterocycles. The molecule has 1 aromatic rings. The summed E-state index contributed by atoms with van der Waals surface area (Å²) in [5.74, 6) is -1.36. The number of benzene rings is 1. The standard InChI is InChI=1S/C9H8N2O4S/c10-4-5-2-1-3-6-7(9(12)13)11-16(14,15)8(5)6/h1-3H,4,10H2,(H,12,13). The Bertz CT molecular complexity index is 604. The lowest BCUT2D eigenvalue weighted by Gasteiger charge is -2.03. The largest absolute Gasteiger partial charge is 0.476 e. The number of aliphatic carboxylic acids is 1. The van der Waals surface area contributed by atoms with Gasteiger partial charge in [-0.3, -0.25) is 0 Å². The Morgan fingerprint density at radius 2 is 2.12 bits per heavy atom. The second-order valence-electron chi connectivity index (χ2n) is 3.22. The molecule has 7 heteroatoms. The zero-order valence-corrected chi connectivity index (χ0v) is 8.86. The predicted octanol–water partition coefficient (Wildman–Crippen LogP) is -0.279. The minimum atomic E-state index is -3.92. The first-order chi connectivity index (χ1) is 7.47. The second kappa shape index (κ2) is 3.39. The van der Waals surface area contributed by atoms with Crippen LogP contribution in [0.1, 0.15) is 11.1 Å². The molecule has 0 unspecified atom stereocenters. The molecular formula is C9H8N2O4S. The van der Waals surface area contributed by atoms with Gasteiger partial charge in [-0.2, -0.15) is 12.8 Å². The quantitative estimate of drug-likeness (QED) is 0.738. The highest BCUT2D eigenvalue weighted by Gasteiger charge is 2.34. The molecule has 0 spiro atoms. The molecule has 1 aromatic carbocycles. The van der Waals surface area contributed by atoms with Gasteiger partial charge in [0.2, 0.25) is 0 Å². The molecule has 0 saturated heterocycles. The molecule has 0 aliphatic carbocycles. The van der Waals surface area contributed by atoms with Gasteiger partial charge < -0.3 is 10.8 Å². The van der Waals surface area contributed by atoms with E-state index in [1.165, 1.54) is 12.1 Å². The van der Waals surface area contributed by atoms with E-state index < -0.39 is 21.7 Å². The van der Waals surface area contributed by atoms with Crippen molar-refractivity contribution in [3.8, 4) is 0 Å². The Hall–Kier alpha value is -1.73. The van der Waals surface area contributed by atoms with Crippen LogP contribution in [-0.2, 0) is 21.4 Å². The third-order valence-electron chi connectivity index (χ3n) is 2.24. The van der Waals surface area contributed by atoms with Crippen LogP contribution in [0.15, 0.2) is 27.5 Å². The molecule has 84 valence electrons. The fourth-order valence-electron chi connectivity index (χ4n) is 1.61. The van der Waals surface area contributed by atoms with Gasteiger partial charge in [0, 0.05) is 12.1 Å². The van der Waals surface area contributed by atoms with Crippen molar-refractivity contribution in [2.45, 2.75) is 11.4 Å². The van der Waals surface area contributed by atoms with Crippen LogP contribution in [-0.4, -0.2) is 25.2 Å². The first-order valence-corrected chi connectivity index (χ1v) is 5.82. The van der Waals surface area contributed by atoms with E-state index in [-0.39, 0.29) is 17.0 Å². The molecule has 2 rings (SSSR count). The summed E-state index contributed by atoms with van der Waals surface area (Å²) in [5, 5.41) is 8.83. The summed E-state index contributed by atoms with van der Waals surface area (Å²) in [5.41, 5.74) is 5.43. The highest BCUT2D eigenvalue weighted by atomic mass is 32.2. The first-order valence-electron chi connectivity index (χ1n) is 4.38. The maximum absolute atomic E-state index is 11.6. The average molecular weight is 240 g/mol. The van der Waals surface area contributed by atoms with Crippen molar-refractivity contribution in [3.63, 3.8) is 0 Å². The summed E-state index contributed by atoms with van der Waals surface area (Å²) in [7, 11) is -3.92. The van der Waals surface area contributed by atoms with Crippen molar-refractivity contribution in [1.82, 2.24) is 0 Å². The van der Waals surface area contributed by atoms with Crippen LogP contribution in [0.4, 0.5) is 0 Å². The number of nitrogens with zero attached hydrogens (tertiary/aromatic N) is 1. The Morgan fingerprint density at radius 3 is 2.69 bits per heavy atom. The zero-order chi connectivity index (χ0) is 11.9. The summed E-state index contributed by atoms with van der Waals surface area (Å²) in [6, 6.07) is 4.50. The Balaban J connectivity index is 2.81. The molecule has 0 radical (unpaired) electrons. The normalized spacial score (nSPS) is 16.7. The number of carboxylic acids is 1. The van der Waals surface area contributed by atoms with Gasteiger partial charge in [-0.25, -0.2) is 4.79 Å². The topological polar surface area (TPSA) is 110 Å². The summed E-state index contributed by atoms with van der Waals surface area (Å²) < 4.78 is 26.5. The molecule has 1 aliphatic heterocycles. The molecule has 1 aliphatic rings. The molecule has 0 saturated carbocycles. The molecule has 0 fully saturated rings. The summed E-state index contributed by atoms with van der Waals surface area (Å²) >= 11 is 0. The average Bonchev–Trinajstić information content (AvgIpc) is 2.51. The molecule has 6 nitrogen and oxygen atoms in total. The minimum Gasteiger partial charge on any atom is -0.476 e. The lowest BCUT2D eigenvalue weighted by molar-refractivity contribution is -0.129. The number of rotatable bonds is 2. The van der Waals surface area contributed by atoms with Crippen LogP contribution >= 0.6 is 0 Å². The molecule has 3 N–H and O–H groups in total. The van der Waals surface area contributed by atoms with Gasteiger partial charge in [0.15, 0.2) is 5.71 Å². The second-order valence-corrected chi connectivity index (χ2v) is 4.76. The van der Waals surface area contributed by atoms with Crippen LogP contribution in [0.25, 0.3) is 0 Å².